The van der Waals surface area contributed by atoms with Crippen LogP contribution in [0.1, 0.15) is 42.8 Å². The predicted octanol–water partition coefficient (Wildman–Crippen LogP) is 3.05. The van der Waals surface area contributed by atoms with E-state index in [1.807, 2.05) is 5.38 Å². The van der Waals surface area contributed by atoms with Crippen LogP contribution < -0.4 is 0 Å². The highest BCUT2D eigenvalue weighted by molar-refractivity contribution is 7.09. The fraction of sp³-hybridized carbons (Fsp3) is 0.786. The van der Waals surface area contributed by atoms with E-state index in [1.54, 1.807) is 11.3 Å². The Labute approximate surface area is 124 Å². The summed E-state index contributed by atoms with van der Waals surface area (Å²) < 4.78 is 0. The minimum Gasteiger partial charge on any atom is -0.389 e. The van der Waals surface area contributed by atoms with E-state index in [1.165, 1.54) is 17.8 Å². The number of nitrogens with zero attached hydrogens (tertiary/aromatic N) is 2. The summed E-state index contributed by atoms with van der Waals surface area (Å²) in [7, 11) is 2.10. The van der Waals surface area contributed by atoms with E-state index in [0.29, 0.717) is 5.88 Å². The van der Waals surface area contributed by atoms with Crippen molar-refractivity contribution in [1.29, 1.82) is 0 Å². The maximum atomic E-state index is 10.3. The number of rotatable bonds is 7. The Morgan fingerprint density at radius 1 is 1.47 bits per heavy atom. The molecule has 1 aliphatic rings. The number of aryl methyl sites for hydroxylation is 1. The van der Waals surface area contributed by atoms with E-state index in [9.17, 15) is 5.11 Å². The van der Waals surface area contributed by atoms with E-state index < -0.39 is 5.60 Å². The van der Waals surface area contributed by atoms with Crippen LogP contribution in [-0.4, -0.2) is 40.7 Å². The minimum atomic E-state index is -0.429. The van der Waals surface area contributed by atoms with Crippen molar-refractivity contribution in [2.75, 3.05) is 20.1 Å². The largest absolute Gasteiger partial charge is 0.389 e. The number of aromatic nitrogens is 1. The van der Waals surface area contributed by atoms with Gasteiger partial charge in [-0.15, -0.1) is 22.9 Å². The van der Waals surface area contributed by atoms with Crippen molar-refractivity contribution in [2.45, 2.75) is 50.0 Å². The Kier molecular flexibility index (Phi) is 5.63. The van der Waals surface area contributed by atoms with Crippen molar-refractivity contribution in [3.05, 3.63) is 16.1 Å². The van der Waals surface area contributed by atoms with Crippen LogP contribution >= 0.6 is 22.9 Å². The Hall–Kier alpha value is -0.160. The number of hydrogen-bond acceptors (Lipinski definition) is 4. The molecule has 0 aliphatic heterocycles. The summed E-state index contributed by atoms with van der Waals surface area (Å²) >= 11 is 7.44. The number of halogens is 1. The Bertz CT molecular complexity index is 391. The number of hydrogen-bond donors (Lipinski definition) is 1. The summed E-state index contributed by atoms with van der Waals surface area (Å²) in [6, 6.07) is 0. The second-order valence-corrected chi connectivity index (χ2v) is 6.85. The molecular formula is C14H23ClN2OS. The number of aliphatic hydroxyl groups is 1. The Morgan fingerprint density at radius 3 is 2.84 bits per heavy atom. The number of thiazole rings is 1. The topological polar surface area (TPSA) is 36.4 Å². The van der Waals surface area contributed by atoms with Crippen LogP contribution in [-0.2, 0) is 12.3 Å². The molecular weight excluding hydrogens is 280 g/mol. The van der Waals surface area contributed by atoms with Crippen LogP contribution in [0.15, 0.2) is 5.38 Å². The SMILES string of the molecule is CN(CCCc1nc(CCl)cs1)CC1(O)CCCC1. The number of likely N-dealkylation sites (N-methyl/N-ethyl adjacent to an activating group) is 1. The molecule has 1 N–H and O–H groups in total. The molecule has 1 fully saturated rings. The summed E-state index contributed by atoms with van der Waals surface area (Å²) in [5, 5.41) is 13.6. The zero-order valence-electron chi connectivity index (χ0n) is 11.6. The van der Waals surface area contributed by atoms with Crippen LogP contribution in [0.5, 0.6) is 0 Å². The van der Waals surface area contributed by atoms with Crippen molar-refractivity contribution in [3.63, 3.8) is 0 Å². The van der Waals surface area contributed by atoms with E-state index in [-0.39, 0.29) is 0 Å². The molecule has 0 bridgehead atoms. The van der Waals surface area contributed by atoms with Gasteiger partial charge in [0.1, 0.15) is 0 Å². The van der Waals surface area contributed by atoms with E-state index in [0.717, 1.165) is 44.5 Å². The average molecular weight is 303 g/mol. The Balaban J connectivity index is 1.67. The standard InChI is InChI=1S/C14H23ClN2OS/c1-17(11-14(18)6-2-3-7-14)8-4-5-13-16-12(9-15)10-19-13/h10,18H,2-9,11H2,1H3. The van der Waals surface area contributed by atoms with E-state index in [4.69, 9.17) is 11.6 Å². The first kappa shape index (κ1) is 15.2. The first-order valence-electron chi connectivity index (χ1n) is 7.01. The molecule has 2 rings (SSSR count). The molecule has 0 amide bonds. The summed E-state index contributed by atoms with van der Waals surface area (Å²) in [6.07, 6.45) is 6.35. The lowest BCUT2D eigenvalue weighted by Crippen LogP contribution is -2.39. The van der Waals surface area contributed by atoms with Gasteiger partial charge in [-0.05, 0) is 32.9 Å². The second kappa shape index (κ2) is 7.02. The highest BCUT2D eigenvalue weighted by Crippen LogP contribution is 2.29. The van der Waals surface area contributed by atoms with Crippen molar-refractivity contribution in [2.24, 2.45) is 0 Å². The molecule has 1 saturated carbocycles. The molecule has 5 heteroatoms. The van der Waals surface area contributed by atoms with Crippen LogP contribution in [0, 0.1) is 0 Å². The third-order valence-electron chi connectivity index (χ3n) is 3.77. The van der Waals surface area contributed by atoms with Crippen molar-refractivity contribution in [3.8, 4) is 0 Å². The maximum absolute atomic E-state index is 10.3. The van der Waals surface area contributed by atoms with Crippen molar-refractivity contribution < 1.29 is 5.11 Å². The first-order valence-corrected chi connectivity index (χ1v) is 8.43. The van der Waals surface area contributed by atoms with Gasteiger partial charge in [-0.2, -0.15) is 0 Å². The summed E-state index contributed by atoms with van der Waals surface area (Å²) in [5.74, 6) is 0.503. The molecule has 0 saturated heterocycles. The van der Waals surface area contributed by atoms with Gasteiger partial charge in [-0.3, -0.25) is 0 Å². The smallest absolute Gasteiger partial charge is 0.0929 e. The molecule has 108 valence electrons. The molecule has 19 heavy (non-hydrogen) atoms. The summed E-state index contributed by atoms with van der Waals surface area (Å²) in [5.41, 5.74) is 0.553. The van der Waals surface area contributed by atoms with E-state index >= 15 is 0 Å². The van der Waals surface area contributed by atoms with Gasteiger partial charge < -0.3 is 10.0 Å². The van der Waals surface area contributed by atoms with Gasteiger partial charge in [-0.25, -0.2) is 4.98 Å². The molecule has 1 aliphatic carbocycles. The lowest BCUT2D eigenvalue weighted by Gasteiger charge is -2.28. The fourth-order valence-electron chi connectivity index (χ4n) is 2.80. The maximum Gasteiger partial charge on any atom is 0.0929 e. The van der Waals surface area contributed by atoms with Gasteiger partial charge in [0, 0.05) is 18.3 Å². The molecule has 0 aromatic carbocycles. The summed E-state index contributed by atoms with van der Waals surface area (Å²) in [6.45, 7) is 1.82. The molecule has 1 aromatic rings. The van der Waals surface area contributed by atoms with Crippen LogP contribution in [0.3, 0.4) is 0 Å². The third-order valence-corrected chi connectivity index (χ3v) is 5.00. The van der Waals surface area contributed by atoms with Gasteiger partial charge in [0.05, 0.1) is 22.2 Å². The lowest BCUT2D eigenvalue weighted by molar-refractivity contribution is 0.0162. The van der Waals surface area contributed by atoms with Crippen molar-refractivity contribution in [1.82, 2.24) is 9.88 Å². The second-order valence-electron chi connectivity index (χ2n) is 5.64. The van der Waals surface area contributed by atoms with Gasteiger partial charge in [0.15, 0.2) is 0 Å². The molecule has 0 atom stereocenters. The molecule has 0 spiro atoms. The van der Waals surface area contributed by atoms with Gasteiger partial charge in [0.25, 0.3) is 0 Å². The summed E-state index contributed by atoms with van der Waals surface area (Å²) in [4.78, 5) is 6.71. The molecule has 1 heterocycles. The van der Waals surface area contributed by atoms with Crippen LogP contribution in [0.2, 0.25) is 0 Å². The monoisotopic (exact) mass is 302 g/mol. The molecule has 1 aromatic heterocycles. The van der Waals surface area contributed by atoms with Crippen molar-refractivity contribution >= 4 is 22.9 Å². The molecule has 3 nitrogen and oxygen atoms in total. The predicted molar refractivity (Wildman–Crippen MR) is 80.9 cm³/mol. The van der Waals surface area contributed by atoms with Crippen LogP contribution in [0.25, 0.3) is 0 Å². The highest BCUT2D eigenvalue weighted by Gasteiger charge is 2.31. The van der Waals surface area contributed by atoms with Crippen LogP contribution in [0.4, 0.5) is 0 Å². The quantitative estimate of drug-likeness (QED) is 0.787. The minimum absolute atomic E-state index is 0.429. The van der Waals surface area contributed by atoms with Gasteiger partial charge in [0.2, 0.25) is 0 Å². The zero-order chi connectivity index (χ0) is 13.7. The third kappa shape index (κ3) is 4.71. The lowest BCUT2D eigenvalue weighted by atomic mass is 10.0. The zero-order valence-corrected chi connectivity index (χ0v) is 13.1. The number of alkyl halides is 1. The molecule has 0 radical (unpaired) electrons. The van der Waals surface area contributed by atoms with Gasteiger partial charge >= 0.3 is 0 Å². The fourth-order valence-corrected chi connectivity index (χ4v) is 3.87. The van der Waals surface area contributed by atoms with E-state index in [2.05, 4.69) is 16.9 Å². The van der Waals surface area contributed by atoms with Gasteiger partial charge in [-0.1, -0.05) is 12.8 Å². The normalized spacial score (nSPS) is 18.3. The average Bonchev–Trinajstić information content (AvgIpc) is 2.98. The first-order chi connectivity index (χ1) is 9.11. The molecule has 0 unspecified atom stereocenters. The Morgan fingerprint density at radius 2 is 2.21 bits per heavy atom. The highest BCUT2D eigenvalue weighted by atomic mass is 35.5.